The minimum atomic E-state index is 0.00799. The summed E-state index contributed by atoms with van der Waals surface area (Å²) in [6.45, 7) is 23.1. The van der Waals surface area contributed by atoms with Crippen molar-refractivity contribution in [2.24, 2.45) is 0 Å². The van der Waals surface area contributed by atoms with Crippen LogP contribution >= 0.6 is 11.3 Å². The number of benzene rings is 7. The number of hydrogen-bond donors (Lipinski definition) is 0. The number of aryl methyl sites for hydroxylation is 1. The number of para-hydroxylation sites is 2. The number of nitrogens with zero attached hydrogens (tertiary/aromatic N) is 3. The van der Waals surface area contributed by atoms with Gasteiger partial charge in [0.25, 0.3) is 6.71 Å². The Kier molecular flexibility index (Phi) is 9.39. The molecule has 0 bridgehead atoms. The van der Waals surface area contributed by atoms with Crippen LogP contribution in [0, 0.1) is 6.92 Å². The summed E-state index contributed by atoms with van der Waals surface area (Å²) in [6.07, 6.45) is 0. The topological polar surface area (TPSA) is 9.72 Å². The number of fused-ring (bicyclic) bond motifs is 6. The quantitative estimate of drug-likeness (QED) is 0.160. The van der Waals surface area contributed by atoms with Crippen molar-refractivity contribution in [1.29, 1.82) is 0 Å². The molecule has 2 aliphatic rings. The molecule has 1 aromatic heterocycles. The number of hydrogen-bond acceptors (Lipinski definition) is 4. The summed E-state index contributed by atoms with van der Waals surface area (Å²) in [4.78, 5) is 7.53. The molecule has 0 amide bonds. The van der Waals surface area contributed by atoms with E-state index in [0.717, 1.165) is 22.7 Å². The molecule has 3 heterocycles. The van der Waals surface area contributed by atoms with Crippen LogP contribution in [-0.4, -0.2) is 6.71 Å². The zero-order valence-electron chi connectivity index (χ0n) is 37.8. The molecular formula is C57H56BN3S. The first-order valence-corrected chi connectivity index (χ1v) is 22.9. The summed E-state index contributed by atoms with van der Waals surface area (Å²) < 4.78 is 1.32. The van der Waals surface area contributed by atoms with Gasteiger partial charge >= 0.3 is 0 Å². The van der Waals surface area contributed by atoms with Crippen LogP contribution in [0.4, 0.5) is 50.5 Å². The van der Waals surface area contributed by atoms with Crippen molar-refractivity contribution >= 4 is 95.0 Å². The molecule has 0 N–H and O–H groups in total. The van der Waals surface area contributed by atoms with Gasteiger partial charge in [-0.1, -0.05) is 141 Å². The molecule has 2 aliphatic heterocycles. The number of anilines is 9. The molecule has 0 unspecified atom stereocenters. The summed E-state index contributed by atoms with van der Waals surface area (Å²) in [6, 6.07) is 59.6. The molecular weight excluding hydrogens is 770 g/mol. The van der Waals surface area contributed by atoms with Crippen molar-refractivity contribution in [2.75, 3.05) is 14.7 Å². The highest BCUT2D eigenvalue weighted by molar-refractivity contribution is 7.26. The second-order valence-corrected chi connectivity index (χ2v) is 21.5. The van der Waals surface area contributed by atoms with Crippen molar-refractivity contribution in [3.05, 3.63) is 180 Å². The van der Waals surface area contributed by atoms with Crippen molar-refractivity contribution in [2.45, 2.75) is 85.5 Å². The van der Waals surface area contributed by atoms with Crippen LogP contribution in [0.3, 0.4) is 0 Å². The van der Waals surface area contributed by atoms with Crippen molar-refractivity contribution in [3.8, 4) is 0 Å². The molecule has 10 rings (SSSR count). The van der Waals surface area contributed by atoms with Crippen molar-refractivity contribution in [1.82, 2.24) is 0 Å². The van der Waals surface area contributed by atoms with Crippen LogP contribution in [-0.2, 0) is 16.2 Å². The van der Waals surface area contributed by atoms with Crippen LogP contribution in [0.15, 0.2) is 158 Å². The molecule has 0 saturated heterocycles. The number of rotatable bonds is 5. The van der Waals surface area contributed by atoms with E-state index in [1.807, 2.05) is 11.3 Å². The standard InChI is InChI=1S/C57H56BN3S/c1-37-33-49-53-50(34-37)61(44-28-23-39(24-29-44)56(5,6)7)54-52(46-35-40(57(8,9)10)25-32-51(46)62-54)58(53)47-31-30-45(59(41-17-13-11-14-18-41)42-19-15-12-16-20-42)36-48(47)60(49)43-26-21-38(22-27-43)55(2,3)4/h11-36H,1-10H3. The molecule has 0 atom stereocenters. The van der Waals surface area contributed by atoms with Crippen molar-refractivity contribution < 1.29 is 0 Å². The molecule has 308 valence electrons. The van der Waals surface area contributed by atoms with Gasteiger partial charge in [-0.15, -0.1) is 11.3 Å². The second kappa shape index (κ2) is 14.5. The minimum Gasteiger partial charge on any atom is -0.311 e. The normalized spacial score (nSPS) is 13.5. The van der Waals surface area contributed by atoms with Crippen LogP contribution < -0.4 is 31.1 Å². The fourth-order valence-electron chi connectivity index (χ4n) is 9.60. The summed E-state index contributed by atoms with van der Waals surface area (Å²) in [5.41, 5.74) is 18.8. The highest BCUT2D eigenvalue weighted by Crippen LogP contribution is 2.50. The van der Waals surface area contributed by atoms with E-state index < -0.39 is 0 Å². The Balaban J connectivity index is 1.29. The lowest BCUT2D eigenvalue weighted by Crippen LogP contribution is -2.61. The van der Waals surface area contributed by atoms with E-state index in [-0.39, 0.29) is 23.0 Å². The van der Waals surface area contributed by atoms with Crippen LogP contribution in [0.1, 0.15) is 84.6 Å². The molecule has 7 aromatic carbocycles. The SMILES string of the molecule is Cc1cc2c3c(c1)N(c1ccc(C(C)(C)C)cc1)c1sc4ccc(C(C)(C)C)cc4c1B3c1ccc(N(c3ccccc3)c3ccccc3)cc1N2c1ccc(C(C)(C)C)cc1. The maximum atomic E-state index is 2.58. The predicted octanol–water partition coefficient (Wildman–Crippen LogP) is 14.7. The van der Waals surface area contributed by atoms with E-state index in [2.05, 4.69) is 242 Å². The molecule has 0 fully saturated rings. The molecule has 0 aliphatic carbocycles. The average Bonchev–Trinajstić information content (AvgIpc) is 3.62. The predicted molar refractivity (Wildman–Crippen MR) is 271 cm³/mol. The van der Waals surface area contributed by atoms with Gasteiger partial charge in [0.15, 0.2) is 0 Å². The van der Waals surface area contributed by atoms with E-state index >= 15 is 0 Å². The Morgan fingerprint density at radius 1 is 0.452 bits per heavy atom. The van der Waals surface area contributed by atoms with Gasteiger partial charge in [0, 0.05) is 50.2 Å². The summed E-state index contributed by atoms with van der Waals surface area (Å²) in [5.74, 6) is 0. The molecule has 5 heteroatoms. The largest absolute Gasteiger partial charge is 0.311 e. The van der Waals surface area contributed by atoms with Crippen LogP contribution in [0.5, 0.6) is 0 Å². The number of thiophene rings is 1. The van der Waals surface area contributed by atoms with E-state index in [9.17, 15) is 0 Å². The highest BCUT2D eigenvalue weighted by atomic mass is 32.1. The second-order valence-electron chi connectivity index (χ2n) is 20.4. The van der Waals surface area contributed by atoms with Crippen molar-refractivity contribution in [3.63, 3.8) is 0 Å². The third-order valence-electron chi connectivity index (χ3n) is 13.0. The van der Waals surface area contributed by atoms with Gasteiger partial charge in [0.1, 0.15) is 0 Å². The van der Waals surface area contributed by atoms with Gasteiger partial charge in [-0.25, -0.2) is 0 Å². The summed E-state index contributed by atoms with van der Waals surface area (Å²) >= 11 is 1.93. The highest BCUT2D eigenvalue weighted by Gasteiger charge is 2.46. The average molecular weight is 826 g/mol. The molecule has 0 radical (unpaired) electrons. The fraction of sp³-hybridized carbons (Fsp3) is 0.228. The first kappa shape index (κ1) is 40.1. The van der Waals surface area contributed by atoms with Gasteiger partial charge in [-0.05, 0) is 146 Å². The zero-order valence-corrected chi connectivity index (χ0v) is 38.7. The first-order chi connectivity index (χ1) is 29.6. The van der Waals surface area contributed by atoms with Gasteiger partial charge in [0.05, 0.1) is 5.00 Å². The van der Waals surface area contributed by atoms with E-state index in [1.54, 1.807) is 0 Å². The van der Waals surface area contributed by atoms with Gasteiger partial charge in [0.2, 0.25) is 0 Å². The monoisotopic (exact) mass is 825 g/mol. The lowest BCUT2D eigenvalue weighted by Gasteiger charge is -2.44. The summed E-state index contributed by atoms with van der Waals surface area (Å²) in [5, 5.41) is 2.65. The van der Waals surface area contributed by atoms with Gasteiger partial charge in [-0.3, -0.25) is 0 Å². The maximum absolute atomic E-state index is 2.58. The van der Waals surface area contributed by atoms with Gasteiger partial charge < -0.3 is 14.7 Å². The lowest BCUT2D eigenvalue weighted by molar-refractivity contribution is 0.590. The van der Waals surface area contributed by atoms with Crippen LogP contribution in [0.25, 0.3) is 10.1 Å². The third-order valence-corrected chi connectivity index (χ3v) is 14.1. The Hall–Kier alpha value is -6.04. The fourth-order valence-corrected chi connectivity index (χ4v) is 10.9. The van der Waals surface area contributed by atoms with E-state index in [0.29, 0.717) is 0 Å². The summed E-state index contributed by atoms with van der Waals surface area (Å²) in [7, 11) is 0. The molecule has 0 spiro atoms. The minimum absolute atomic E-state index is 0.00799. The first-order valence-electron chi connectivity index (χ1n) is 22.1. The Morgan fingerprint density at radius 2 is 0.952 bits per heavy atom. The Bertz CT molecular complexity index is 2930. The molecule has 3 nitrogen and oxygen atoms in total. The zero-order chi connectivity index (χ0) is 43.3. The van der Waals surface area contributed by atoms with Crippen LogP contribution in [0.2, 0.25) is 0 Å². The molecule has 0 saturated carbocycles. The molecule has 62 heavy (non-hydrogen) atoms. The smallest absolute Gasteiger partial charge is 0.254 e. The van der Waals surface area contributed by atoms with E-state index in [1.165, 1.54) is 76.5 Å². The molecule has 8 aromatic rings. The van der Waals surface area contributed by atoms with E-state index in [4.69, 9.17) is 0 Å². The third kappa shape index (κ3) is 6.73. The van der Waals surface area contributed by atoms with Gasteiger partial charge in [-0.2, -0.15) is 0 Å². The lowest BCUT2D eigenvalue weighted by atomic mass is 9.33. The Morgan fingerprint density at radius 3 is 1.48 bits per heavy atom. The Labute approximate surface area is 373 Å². The maximum Gasteiger partial charge on any atom is 0.254 e.